The van der Waals surface area contributed by atoms with E-state index < -0.39 is 0 Å². The van der Waals surface area contributed by atoms with Gasteiger partial charge in [-0.2, -0.15) is 10.5 Å². The molecule has 28 aromatic rings. The third kappa shape index (κ3) is 13.4. The van der Waals surface area contributed by atoms with Crippen LogP contribution in [0.4, 0.5) is 0 Å². The lowest BCUT2D eigenvalue weighted by Crippen LogP contribution is -2.03. The average molecular weight is 1820 g/mol. The second-order valence-corrected chi connectivity index (χ2v) is 35.4. The molecule has 8 aromatic heterocycles. The lowest BCUT2D eigenvalue weighted by Gasteiger charge is -2.14. The zero-order chi connectivity index (χ0) is 98.3. The van der Waals surface area contributed by atoms with Crippen LogP contribution in [0.25, 0.3) is 256 Å². The van der Waals surface area contributed by atoms with E-state index in [4.69, 9.17) is 29.9 Å². The minimum Gasteiger partial charge on any atom is -0.309 e. The van der Waals surface area contributed by atoms with Crippen LogP contribution >= 0.6 is 0 Å². The number of hydrogen-bond donors (Lipinski definition) is 0. The Kier molecular flexibility index (Phi) is 18.1. The fraction of sp³-hybridized carbons (Fsp3) is 0. The molecule has 0 aliphatic rings. The monoisotopic (exact) mass is 1820 g/mol. The van der Waals surface area contributed by atoms with Crippen molar-refractivity contribution < 1.29 is 6.85 Å². The number of nitriles is 2. The lowest BCUT2D eigenvalue weighted by molar-refractivity contribution is 1.07. The topological polar surface area (TPSA) is 154 Å². The zero-order valence-electron chi connectivity index (χ0n) is 80.9. The first kappa shape index (κ1) is 76.5. The molecule has 0 bridgehead atoms. The van der Waals surface area contributed by atoms with Gasteiger partial charge in [0.05, 0.1) is 95.6 Å². The van der Waals surface area contributed by atoms with Gasteiger partial charge in [0.1, 0.15) is 12.1 Å². The van der Waals surface area contributed by atoms with Gasteiger partial charge in [-0.1, -0.05) is 297 Å². The normalized spacial score (nSPS) is 12.1. The molecule has 14 nitrogen and oxygen atoms in total. The molecule has 8 heterocycles. The highest BCUT2D eigenvalue weighted by molar-refractivity contribution is 6.28. The standard InChI is InChI=1S/2C64H39N7/c65-40-46-38-44(31-34-54(46)71-56-29-14-10-25-49(56)51-33-36-59-60(61(51)71)52-27-12-15-30-57(52)70(59)48-23-8-3-9-24-48)63-66-62(43-20-16-19-42(37-43)41-17-4-1-5-18-41)67-64(68-63)45-32-35-58-53(39-45)50-26-11-13-28-55(50)69(58)47-21-6-2-7-22-47;65-40-44-38-42(32-35-54(44)71-56-30-16-12-25-48(56)50-34-37-59-60(61(50)71)52-28-14-17-31-57(52)70(59)46-22-8-3-9-23-46)62-66-63(68-64(67-62)51-27-11-10-24-47(51)41-18-4-1-5-19-41)43-33-36-58-53(39-43)49-26-13-15-29-55(49)69(58)45-20-6-2-7-21-45/h2*1-39H/i31D,34D,38D;32D,35D. The molecule has 20 aromatic carbocycles. The minimum absolute atomic E-state index is 0.0176. The lowest BCUT2D eigenvalue weighted by atomic mass is 9.99. The van der Waals surface area contributed by atoms with E-state index in [0.29, 0.717) is 40.1 Å². The second-order valence-electron chi connectivity index (χ2n) is 35.4. The number of rotatable bonds is 14. The highest BCUT2D eigenvalue weighted by Gasteiger charge is 2.29. The van der Waals surface area contributed by atoms with E-state index in [2.05, 4.69) is 218 Å². The largest absolute Gasteiger partial charge is 0.309 e. The van der Waals surface area contributed by atoms with Crippen molar-refractivity contribution in [3.05, 3.63) is 484 Å². The number of fused-ring (bicyclic) bond motifs is 20. The summed E-state index contributed by atoms with van der Waals surface area (Å²) in [6.45, 7) is 0. The van der Waals surface area contributed by atoms with Gasteiger partial charge in [-0.25, -0.2) is 29.9 Å². The fourth-order valence-corrected chi connectivity index (χ4v) is 21.2. The average Bonchev–Trinajstić information content (AvgIpc) is 1.54. The molecule has 0 saturated carbocycles. The van der Waals surface area contributed by atoms with Crippen LogP contribution in [0.5, 0.6) is 0 Å². The fourth-order valence-electron chi connectivity index (χ4n) is 21.2. The van der Waals surface area contributed by atoms with Gasteiger partial charge in [0, 0.05) is 121 Å². The molecule has 0 unspecified atom stereocenters. The molecule has 14 heteroatoms. The summed E-state index contributed by atoms with van der Waals surface area (Å²) in [5.74, 6) is 1.65. The first-order valence-electron chi connectivity index (χ1n) is 49.6. The molecule has 0 radical (unpaired) electrons. The van der Waals surface area contributed by atoms with E-state index in [-0.39, 0.29) is 69.8 Å². The molecular formula is C128H78N14. The summed E-state index contributed by atoms with van der Waals surface area (Å²) in [5.41, 5.74) is 23.1. The van der Waals surface area contributed by atoms with E-state index in [0.717, 1.165) is 187 Å². The summed E-state index contributed by atoms with van der Waals surface area (Å²) in [4.78, 5) is 30.9. The summed E-state index contributed by atoms with van der Waals surface area (Å²) in [6.07, 6.45) is 0. The Morgan fingerprint density at radius 3 is 0.937 bits per heavy atom. The maximum absolute atomic E-state index is 11.4. The van der Waals surface area contributed by atoms with Crippen LogP contribution in [0.15, 0.2) is 473 Å². The number of hydrogen-bond acceptors (Lipinski definition) is 8. The highest BCUT2D eigenvalue weighted by atomic mass is 15.1. The first-order chi connectivity index (χ1) is 72.5. The van der Waals surface area contributed by atoms with Gasteiger partial charge < -0.3 is 27.4 Å². The SMILES string of the molecule is [2H]c1c(-c2nc(-c3ccc4c(c3)c3ccccc3n4-c3ccccc3)nc(-c3ccccc3-c3ccccc3)n2)cc(C#N)c(-n2c3ccccc3c3ccc4c(c5ccccc5n4-c4ccccc4)c32)c1[2H].[2H]c1c([2H])c(-n2c3ccccc3c3ccc4c(c5ccccc5n4-c4ccccc4)c32)c(C#N)c([2H])c1-c1nc(-c2cccc(-c3ccccc3)c2)nc(-c2ccc3c(c2)c2ccccc2n3-c2ccccc2)n1. The molecule has 142 heavy (non-hydrogen) atoms. The molecule has 0 saturated heterocycles. The summed E-state index contributed by atoms with van der Waals surface area (Å²) < 4.78 is 63.0. The zero-order valence-corrected chi connectivity index (χ0v) is 75.9. The van der Waals surface area contributed by atoms with Crippen molar-refractivity contribution in [2.75, 3.05) is 0 Å². The van der Waals surface area contributed by atoms with Gasteiger partial charge in [0.15, 0.2) is 34.9 Å². The molecule has 0 atom stereocenters. The van der Waals surface area contributed by atoms with Crippen LogP contribution in [-0.2, 0) is 0 Å². The third-order valence-electron chi connectivity index (χ3n) is 27.4. The van der Waals surface area contributed by atoms with Crippen LogP contribution in [-0.4, -0.2) is 57.3 Å². The number of para-hydroxylation sites is 10. The molecular weight excluding hydrogens is 1730 g/mol. The molecule has 0 fully saturated rings. The van der Waals surface area contributed by atoms with Gasteiger partial charge >= 0.3 is 0 Å². The number of aromatic nitrogens is 12. The van der Waals surface area contributed by atoms with Crippen molar-refractivity contribution in [2.45, 2.75) is 0 Å². The van der Waals surface area contributed by atoms with E-state index in [1.54, 1.807) is 6.07 Å². The Labute approximate surface area is 821 Å². The molecule has 0 amide bonds. The smallest absolute Gasteiger partial charge is 0.164 e. The Hall–Kier alpha value is -19.8. The quantitative estimate of drug-likeness (QED) is 0.104. The van der Waals surface area contributed by atoms with E-state index in [1.165, 1.54) is 0 Å². The number of nitrogens with zero attached hydrogens (tertiary/aromatic N) is 14. The van der Waals surface area contributed by atoms with Crippen molar-refractivity contribution in [1.82, 2.24) is 57.3 Å². The highest BCUT2D eigenvalue weighted by Crippen LogP contribution is 2.48. The van der Waals surface area contributed by atoms with Crippen LogP contribution in [0.1, 0.15) is 18.0 Å². The summed E-state index contributed by atoms with van der Waals surface area (Å²) in [6, 6.07) is 153. The van der Waals surface area contributed by atoms with Crippen LogP contribution in [0.2, 0.25) is 0 Å². The Morgan fingerprint density at radius 1 is 0.190 bits per heavy atom. The minimum atomic E-state index is -0.281. The van der Waals surface area contributed by atoms with Gasteiger partial charge in [-0.3, -0.25) is 0 Å². The third-order valence-corrected chi connectivity index (χ3v) is 27.4. The van der Waals surface area contributed by atoms with Gasteiger partial charge in [0.2, 0.25) is 0 Å². The van der Waals surface area contributed by atoms with Gasteiger partial charge in [-0.15, -0.1) is 0 Å². The predicted octanol–water partition coefficient (Wildman–Crippen LogP) is 31.4. The van der Waals surface area contributed by atoms with E-state index in [1.807, 2.05) is 258 Å². The maximum Gasteiger partial charge on any atom is 0.164 e. The molecule has 0 spiro atoms. The molecule has 0 N–H and O–H groups in total. The maximum atomic E-state index is 11.4. The van der Waals surface area contributed by atoms with E-state index in [9.17, 15) is 17.4 Å². The summed E-state index contributed by atoms with van der Waals surface area (Å²) in [5, 5.41) is 34.6. The van der Waals surface area contributed by atoms with Crippen LogP contribution < -0.4 is 0 Å². The number of benzene rings is 20. The first-order valence-corrected chi connectivity index (χ1v) is 47.1. The second kappa shape index (κ2) is 33.6. The van der Waals surface area contributed by atoms with Gasteiger partial charge in [0.25, 0.3) is 0 Å². The molecule has 660 valence electrons. The molecule has 0 aliphatic heterocycles. The van der Waals surface area contributed by atoms with Gasteiger partial charge in [-0.05, 0) is 198 Å². The van der Waals surface area contributed by atoms with Crippen molar-refractivity contribution >= 4 is 131 Å². The van der Waals surface area contributed by atoms with E-state index >= 15 is 0 Å². The summed E-state index contributed by atoms with van der Waals surface area (Å²) >= 11 is 0. The predicted molar refractivity (Wildman–Crippen MR) is 579 cm³/mol. The Bertz CT molecular complexity index is 10400. The summed E-state index contributed by atoms with van der Waals surface area (Å²) in [7, 11) is 0. The Balaban J connectivity index is 0.000000145. The van der Waals surface area contributed by atoms with Crippen LogP contribution in [0, 0.1) is 22.7 Å². The van der Waals surface area contributed by atoms with Crippen molar-refractivity contribution in [3.8, 4) is 137 Å². The van der Waals surface area contributed by atoms with Crippen molar-refractivity contribution in [2.24, 2.45) is 0 Å². The Morgan fingerprint density at radius 2 is 0.493 bits per heavy atom. The molecule has 0 aliphatic carbocycles. The molecule has 28 rings (SSSR count). The van der Waals surface area contributed by atoms with Crippen molar-refractivity contribution in [1.29, 1.82) is 10.5 Å². The van der Waals surface area contributed by atoms with Crippen LogP contribution in [0.3, 0.4) is 0 Å². The van der Waals surface area contributed by atoms with Crippen molar-refractivity contribution in [3.63, 3.8) is 0 Å².